The zero-order valence-corrected chi connectivity index (χ0v) is 12.7. The van der Waals surface area contributed by atoms with Crippen molar-refractivity contribution in [2.24, 2.45) is 5.73 Å². The summed E-state index contributed by atoms with van der Waals surface area (Å²) in [6, 6.07) is 19.0. The van der Waals surface area contributed by atoms with Crippen LogP contribution in [0.5, 0.6) is 5.75 Å². The standard InChI is InChI=1S/C18H22N2O2/c1-14(19)12-18(21)20-17(15-8-4-2-5-9-15)13-22-16-10-6-3-7-11-16/h2-11,14,17H,12-13,19H2,1H3,(H,20,21). The summed E-state index contributed by atoms with van der Waals surface area (Å²) in [5.74, 6) is 0.713. The van der Waals surface area contributed by atoms with Gasteiger partial charge in [-0.05, 0) is 24.6 Å². The number of hydrogen-bond donors (Lipinski definition) is 2. The minimum atomic E-state index is -0.201. The number of carbonyl (C=O) groups excluding carboxylic acids is 1. The Bertz CT molecular complexity index is 570. The average molecular weight is 298 g/mol. The molecule has 0 aromatic heterocycles. The summed E-state index contributed by atoms with van der Waals surface area (Å²) in [5.41, 5.74) is 6.69. The molecule has 0 bridgehead atoms. The van der Waals surface area contributed by atoms with Crippen LogP contribution in [-0.2, 0) is 4.79 Å². The average Bonchev–Trinajstić information content (AvgIpc) is 2.52. The molecule has 0 saturated carbocycles. The van der Waals surface area contributed by atoms with Crippen LogP contribution in [0.1, 0.15) is 24.9 Å². The number of carbonyl (C=O) groups is 1. The molecule has 0 aliphatic rings. The third-order valence-corrected chi connectivity index (χ3v) is 3.20. The zero-order chi connectivity index (χ0) is 15.8. The monoisotopic (exact) mass is 298 g/mol. The second kappa shape index (κ2) is 8.20. The Hall–Kier alpha value is -2.33. The lowest BCUT2D eigenvalue weighted by Crippen LogP contribution is -2.35. The molecule has 0 radical (unpaired) electrons. The smallest absolute Gasteiger partial charge is 0.222 e. The fourth-order valence-electron chi connectivity index (χ4n) is 2.15. The normalized spacial score (nSPS) is 13.2. The van der Waals surface area contributed by atoms with Crippen LogP contribution in [0, 0.1) is 0 Å². The first-order valence-corrected chi connectivity index (χ1v) is 7.43. The predicted octanol–water partition coefficient (Wildman–Crippen LogP) is 2.66. The first kappa shape index (κ1) is 16.0. The SMILES string of the molecule is CC(N)CC(=O)NC(COc1ccccc1)c1ccccc1. The highest BCUT2D eigenvalue weighted by molar-refractivity contribution is 5.77. The van der Waals surface area contributed by atoms with Crippen molar-refractivity contribution in [1.82, 2.24) is 5.32 Å². The van der Waals surface area contributed by atoms with Gasteiger partial charge in [0.05, 0.1) is 6.04 Å². The van der Waals surface area contributed by atoms with Crippen LogP contribution >= 0.6 is 0 Å². The van der Waals surface area contributed by atoms with Gasteiger partial charge in [0.1, 0.15) is 12.4 Å². The van der Waals surface area contributed by atoms with E-state index in [1.165, 1.54) is 0 Å². The fourth-order valence-corrected chi connectivity index (χ4v) is 2.15. The zero-order valence-electron chi connectivity index (χ0n) is 12.7. The van der Waals surface area contributed by atoms with Gasteiger partial charge >= 0.3 is 0 Å². The predicted molar refractivity (Wildman–Crippen MR) is 87.5 cm³/mol. The van der Waals surface area contributed by atoms with E-state index in [1.807, 2.05) is 67.6 Å². The highest BCUT2D eigenvalue weighted by atomic mass is 16.5. The summed E-state index contributed by atoms with van der Waals surface area (Å²) in [6.07, 6.45) is 0.300. The number of hydrogen-bond acceptors (Lipinski definition) is 3. The minimum Gasteiger partial charge on any atom is -0.491 e. The van der Waals surface area contributed by atoms with E-state index in [0.717, 1.165) is 11.3 Å². The van der Waals surface area contributed by atoms with E-state index in [2.05, 4.69) is 5.32 Å². The number of amides is 1. The molecule has 116 valence electrons. The van der Waals surface area contributed by atoms with Crippen LogP contribution in [-0.4, -0.2) is 18.6 Å². The maximum atomic E-state index is 12.0. The van der Waals surface area contributed by atoms with Crippen LogP contribution in [0.4, 0.5) is 0 Å². The Labute approximate surface area is 131 Å². The largest absolute Gasteiger partial charge is 0.491 e. The highest BCUT2D eigenvalue weighted by Crippen LogP contribution is 2.16. The van der Waals surface area contributed by atoms with Gasteiger partial charge in [0.2, 0.25) is 5.91 Å². The Morgan fingerprint density at radius 1 is 1.09 bits per heavy atom. The number of nitrogens with one attached hydrogen (secondary N) is 1. The summed E-state index contributed by atoms with van der Waals surface area (Å²) in [7, 11) is 0. The third-order valence-electron chi connectivity index (χ3n) is 3.20. The molecule has 4 heteroatoms. The number of rotatable bonds is 7. The van der Waals surface area contributed by atoms with Crippen LogP contribution in [0.3, 0.4) is 0 Å². The summed E-state index contributed by atoms with van der Waals surface area (Å²) in [4.78, 5) is 12.0. The van der Waals surface area contributed by atoms with Crippen LogP contribution in [0.2, 0.25) is 0 Å². The quantitative estimate of drug-likeness (QED) is 0.826. The lowest BCUT2D eigenvalue weighted by atomic mass is 10.1. The molecule has 0 heterocycles. The summed E-state index contributed by atoms with van der Waals surface area (Å²) in [6.45, 7) is 2.19. The van der Waals surface area contributed by atoms with Gasteiger partial charge in [0.25, 0.3) is 0 Å². The molecule has 0 aliphatic heterocycles. The molecule has 1 amide bonds. The van der Waals surface area contributed by atoms with Crippen molar-refractivity contribution < 1.29 is 9.53 Å². The van der Waals surface area contributed by atoms with Gasteiger partial charge in [0, 0.05) is 12.5 Å². The first-order chi connectivity index (χ1) is 10.6. The molecule has 2 unspecified atom stereocenters. The van der Waals surface area contributed by atoms with E-state index in [1.54, 1.807) is 0 Å². The molecular weight excluding hydrogens is 276 g/mol. The Kier molecular flexibility index (Phi) is 5.98. The first-order valence-electron chi connectivity index (χ1n) is 7.43. The second-order valence-electron chi connectivity index (χ2n) is 5.34. The number of benzene rings is 2. The number of para-hydroxylation sites is 1. The van der Waals surface area contributed by atoms with Crippen molar-refractivity contribution in [3.05, 3.63) is 66.2 Å². The molecule has 2 atom stereocenters. The van der Waals surface area contributed by atoms with Gasteiger partial charge in [0.15, 0.2) is 0 Å². The molecule has 0 fully saturated rings. The lowest BCUT2D eigenvalue weighted by molar-refractivity contribution is -0.122. The topological polar surface area (TPSA) is 64.4 Å². The van der Waals surface area contributed by atoms with Crippen molar-refractivity contribution in [1.29, 1.82) is 0 Å². The minimum absolute atomic E-state index is 0.0690. The summed E-state index contributed by atoms with van der Waals surface area (Å²) in [5, 5.41) is 2.99. The van der Waals surface area contributed by atoms with Crippen LogP contribution < -0.4 is 15.8 Å². The fraction of sp³-hybridized carbons (Fsp3) is 0.278. The van der Waals surface area contributed by atoms with Gasteiger partial charge < -0.3 is 15.8 Å². The second-order valence-corrected chi connectivity index (χ2v) is 5.34. The van der Waals surface area contributed by atoms with E-state index in [0.29, 0.717) is 13.0 Å². The van der Waals surface area contributed by atoms with Gasteiger partial charge in [-0.3, -0.25) is 4.79 Å². The number of nitrogens with two attached hydrogens (primary N) is 1. The Morgan fingerprint density at radius 3 is 2.27 bits per heavy atom. The van der Waals surface area contributed by atoms with Crippen molar-refractivity contribution in [2.75, 3.05) is 6.61 Å². The molecule has 0 saturated heterocycles. The van der Waals surface area contributed by atoms with Gasteiger partial charge in [-0.2, -0.15) is 0 Å². The van der Waals surface area contributed by atoms with E-state index < -0.39 is 0 Å². The molecule has 4 nitrogen and oxygen atoms in total. The third kappa shape index (κ3) is 5.22. The molecule has 22 heavy (non-hydrogen) atoms. The highest BCUT2D eigenvalue weighted by Gasteiger charge is 2.16. The lowest BCUT2D eigenvalue weighted by Gasteiger charge is -2.20. The van der Waals surface area contributed by atoms with E-state index in [-0.39, 0.29) is 18.0 Å². The van der Waals surface area contributed by atoms with Gasteiger partial charge in [-0.25, -0.2) is 0 Å². The Balaban J connectivity index is 2.03. The van der Waals surface area contributed by atoms with Crippen molar-refractivity contribution >= 4 is 5.91 Å². The van der Waals surface area contributed by atoms with Crippen LogP contribution in [0.15, 0.2) is 60.7 Å². The molecular formula is C18H22N2O2. The van der Waals surface area contributed by atoms with Crippen molar-refractivity contribution in [3.8, 4) is 5.75 Å². The van der Waals surface area contributed by atoms with E-state index in [9.17, 15) is 4.79 Å². The van der Waals surface area contributed by atoms with E-state index in [4.69, 9.17) is 10.5 Å². The molecule has 0 aliphatic carbocycles. The molecule has 2 rings (SSSR count). The molecule has 3 N–H and O–H groups in total. The summed E-state index contributed by atoms with van der Waals surface area (Å²) < 4.78 is 5.78. The van der Waals surface area contributed by atoms with Crippen molar-refractivity contribution in [2.45, 2.75) is 25.4 Å². The van der Waals surface area contributed by atoms with Crippen LogP contribution in [0.25, 0.3) is 0 Å². The van der Waals surface area contributed by atoms with Gasteiger partial charge in [-0.1, -0.05) is 48.5 Å². The maximum absolute atomic E-state index is 12.0. The van der Waals surface area contributed by atoms with Gasteiger partial charge in [-0.15, -0.1) is 0 Å². The molecule has 2 aromatic rings. The number of ether oxygens (including phenoxy) is 1. The molecule has 2 aromatic carbocycles. The van der Waals surface area contributed by atoms with Crippen molar-refractivity contribution in [3.63, 3.8) is 0 Å². The summed E-state index contributed by atoms with van der Waals surface area (Å²) >= 11 is 0. The Morgan fingerprint density at radius 2 is 1.68 bits per heavy atom. The molecule has 0 spiro atoms. The maximum Gasteiger partial charge on any atom is 0.222 e. The van der Waals surface area contributed by atoms with E-state index >= 15 is 0 Å².